The third-order valence-electron chi connectivity index (χ3n) is 3.43. The van der Waals surface area contributed by atoms with Gasteiger partial charge in [0.05, 0.1) is 5.56 Å². The van der Waals surface area contributed by atoms with Crippen LogP contribution in [0, 0.1) is 5.41 Å². The van der Waals surface area contributed by atoms with Gasteiger partial charge in [0, 0.05) is 25.1 Å². The summed E-state index contributed by atoms with van der Waals surface area (Å²) in [6, 6.07) is 5.57. The maximum Gasteiger partial charge on any atom is 0.416 e. The lowest BCUT2D eigenvalue weighted by Crippen LogP contribution is -2.27. The van der Waals surface area contributed by atoms with Crippen LogP contribution in [-0.2, 0) is 12.7 Å². The standard InChI is InChI=1S/C13H16F3NO/c14-13(15,16)11-4-2-1-3-10(11)7-17-8-12(9-18)5-6-12/h1-4,17-18H,5-9H2. The van der Waals surface area contributed by atoms with Crippen molar-refractivity contribution in [3.63, 3.8) is 0 Å². The Bertz CT molecular complexity index is 413. The molecule has 2 nitrogen and oxygen atoms in total. The van der Waals surface area contributed by atoms with Crippen molar-refractivity contribution in [3.8, 4) is 0 Å². The molecule has 0 bridgehead atoms. The zero-order valence-corrected chi connectivity index (χ0v) is 9.93. The molecule has 0 heterocycles. The number of hydrogen-bond donors (Lipinski definition) is 2. The van der Waals surface area contributed by atoms with Crippen LogP contribution in [0.25, 0.3) is 0 Å². The van der Waals surface area contributed by atoms with Crippen LogP contribution < -0.4 is 5.32 Å². The molecule has 1 fully saturated rings. The largest absolute Gasteiger partial charge is 0.416 e. The van der Waals surface area contributed by atoms with E-state index in [0.717, 1.165) is 18.9 Å². The molecule has 0 aromatic heterocycles. The summed E-state index contributed by atoms with van der Waals surface area (Å²) in [6.45, 7) is 0.841. The minimum Gasteiger partial charge on any atom is -0.396 e. The topological polar surface area (TPSA) is 32.3 Å². The first-order valence-electron chi connectivity index (χ1n) is 5.94. The van der Waals surface area contributed by atoms with Gasteiger partial charge < -0.3 is 10.4 Å². The second kappa shape index (κ2) is 4.90. The first-order chi connectivity index (χ1) is 8.47. The maximum atomic E-state index is 12.7. The summed E-state index contributed by atoms with van der Waals surface area (Å²) < 4.78 is 38.2. The van der Waals surface area contributed by atoms with Gasteiger partial charge in [0.1, 0.15) is 0 Å². The highest BCUT2D eigenvalue weighted by Crippen LogP contribution is 2.44. The number of halogens is 3. The van der Waals surface area contributed by atoms with Gasteiger partial charge >= 0.3 is 6.18 Å². The molecular formula is C13H16F3NO. The monoisotopic (exact) mass is 259 g/mol. The molecule has 0 radical (unpaired) electrons. The maximum absolute atomic E-state index is 12.7. The molecule has 0 saturated heterocycles. The molecule has 100 valence electrons. The SMILES string of the molecule is OCC1(CNCc2ccccc2C(F)(F)F)CC1. The number of hydrogen-bond acceptors (Lipinski definition) is 2. The van der Waals surface area contributed by atoms with Crippen LogP contribution in [0.5, 0.6) is 0 Å². The van der Waals surface area contributed by atoms with Crippen LogP contribution in [0.3, 0.4) is 0 Å². The number of aliphatic hydroxyl groups is 1. The fourth-order valence-corrected chi connectivity index (χ4v) is 1.98. The van der Waals surface area contributed by atoms with Gasteiger partial charge in [-0.3, -0.25) is 0 Å². The molecule has 2 rings (SSSR count). The van der Waals surface area contributed by atoms with Gasteiger partial charge in [-0.2, -0.15) is 13.2 Å². The van der Waals surface area contributed by atoms with Crippen molar-refractivity contribution in [3.05, 3.63) is 35.4 Å². The molecule has 1 aromatic carbocycles. The molecule has 5 heteroatoms. The van der Waals surface area contributed by atoms with Crippen LogP contribution >= 0.6 is 0 Å². The van der Waals surface area contributed by atoms with Crippen molar-refractivity contribution >= 4 is 0 Å². The summed E-state index contributed by atoms with van der Waals surface area (Å²) in [4.78, 5) is 0. The highest BCUT2D eigenvalue weighted by atomic mass is 19.4. The lowest BCUT2D eigenvalue weighted by molar-refractivity contribution is -0.138. The predicted molar refractivity (Wildman–Crippen MR) is 61.9 cm³/mol. The molecule has 1 saturated carbocycles. The van der Waals surface area contributed by atoms with Crippen LogP contribution in [0.15, 0.2) is 24.3 Å². The number of benzene rings is 1. The van der Waals surface area contributed by atoms with Crippen LogP contribution in [0.2, 0.25) is 0 Å². The molecular weight excluding hydrogens is 243 g/mol. The lowest BCUT2D eigenvalue weighted by atomic mass is 10.1. The molecule has 1 aliphatic rings. The third-order valence-corrected chi connectivity index (χ3v) is 3.43. The van der Waals surface area contributed by atoms with E-state index in [4.69, 9.17) is 5.11 Å². The number of alkyl halides is 3. The quantitative estimate of drug-likeness (QED) is 0.851. The van der Waals surface area contributed by atoms with E-state index in [1.165, 1.54) is 12.1 Å². The first kappa shape index (κ1) is 13.4. The zero-order chi connectivity index (χ0) is 13.2. The Morgan fingerprint density at radius 3 is 2.44 bits per heavy atom. The van der Waals surface area contributed by atoms with Gasteiger partial charge in [-0.15, -0.1) is 0 Å². The van der Waals surface area contributed by atoms with Crippen LogP contribution in [-0.4, -0.2) is 18.3 Å². The van der Waals surface area contributed by atoms with Crippen molar-refractivity contribution in [2.24, 2.45) is 5.41 Å². The third kappa shape index (κ3) is 3.03. The Balaban J connectivity index is 1.97. The predicted octanol–water partition coefficient (Wildman–Crippen LogP) is 2.57. The van der Waals surface area contributed by atoms with Gasteiger partial charge in [0.2, 0.25) is 0 Å². The van der Waals surface area contributed by atoms with E-state index in [1.54, 1.807) is 6.07 Å². The summed E-state index contributed by atoms with van der Waals surface area (Å²) in [7, 11) is 0. The average Bonchev–Trinajstić information content (AvgIpc) is 3.09. The first-order valence-corrected chi connectivity index (χ1v) is 5.94. The zero-order valence-electron chi connectivity index (χ0n) is 9.93. The Morgan fingerprint density at radius 2 is 1.89 bits per heavy atom. The molecule has 0 unspecified atom stereocenters. The van der Waals surface area contributed by atoms with Gasteiger partial charge in [0.15, 0.2) is 0 Å². The fourth-order valence-electron chi connectivity index (χ4n) is 1.98. The molecule has 0 spiro atoms. The molecule has 2 N–H and O–H groups in total. The summed E-state index contributed by atoms with van der Waals surface area (Å²) in [6.07, 6.45) is -2.43. The van der Waals surface area contributed by atoms with Crippen molar-refractivity contribution in [1.82, 2.24) is 5.32 Å². The van der Waals surface area contributed by atoms with E-state index in [2.05, 4.69) is 5.32 Å². The Kier molecular flexibility index (Phi) is 3.64. The van der Waals surface area contributed by atoms with E-state index >= 15 is 0 Å². The molecule has 0 aliphatic heterocycles. The molecule has 0 amide bonds. The lowest BCUT2D eigenvalue weighted by Gasteiger charge is -2.16. The molecule has 1 aliphatic carbocycles. The van der Waals surface area contributed by atoms with Crippen LogP contribution in [0.4, 0.5) is 13.2 Å². The van der Waals surface area contributed by atoms with Crippen molar-refractivity contribution in [2.45, 2.75) is 25.6 Å². The number of rotatable bonds is 5. The Hall–Kier alpha value is -1.07. The minimum absolute atomic E-state index is 0.0901. The summed E-state index contributed by atoms with van der Waals surface area (Å²) in [5.74, 6) is 0. The smallest absolute Gasteiger partial charge is 0.396 e. The van der Waals surface area contributed by atoms with Crippen molar-refractivity contribution in [2.75, 3.05) is 13.2 Å². The summed E-state index contributed by atoms with van der Waals surface area (Å²) in [5, 5.41) is 12.1. The van der Waals surface area contributed by atoms with Crippen molar-refractivity contribution in [1.29, 1.82) is 0 Å². The molecule has 18 heavy (non-hydrogen) atoms. The summed E-state index contributed by atoms with van der Waals surface area (Å²) in [5.41, 5.74) is -0.433. The van der Waals surface area contributed by atoms with Crippen LogP contribution in [0.1, 0.15) is 24.0 Å². The van der Waals surface area contributed by atoms with Gasteiger partial charge in [-0.25, -0.2) is 0 Å². The highest BCUT2D eigenvalue weighted by molar-refractivity contribution is 5.29. The van der Waals surface area contributed by atoms with E-state index in [0.29, 0.717) is 6.54 Å². The second-order valence-corrected chi connectivity index (χ2v) is 4.92. The Morgan fingerprint density at radius 1 is 1.22 bits per heavy atom. The second-order valence-electron chi connectivity index (χ2n) is 4.92. The average molecular weight is 259 g/mol. The van der Waals surface area contributed by atoms with E-state index < -0.39 is 11.7 Å². The van der Waals surface area contributed by atoms with E-state index in [1.807, 2.05) is 0 Å². The molecule has 1 aromatic rings. The van der Waals surface area contributed by atoms with Gasteiger partial charge in [0.25, 0.3) is 0 Å². The fraction of sp³-hybridized carbons (Fsp3) is 0.538. The highest BCUT2D eigenvalue weighted by Gasteiger charge is 2.41. The van der Waals surface area contributed by atoms with Crippen molar-refractivity contribution < 1.29 is 18.3 Å². The summed E-state index contributed by atoms with van der Waals surface area (Å²) >= 11 is 0. The molecule has 0 atom stereocenters. The number of aliphatic hydroxyl groups excluding tert-OH is 1. The Labute approximate surface area is 104 Å². The minimum atomic E-state index is -4.31. The van der Waals surface area contributed by atoms with E-state index in [-0.39, 0.29) is 24.1 Å². The van der Waals surface area contributed by atoms with Gasteiger partial charge in [-0.1, -0.05) is 18.2 Å². The number of nitrogens with one attached hydrogen (secondary N) is 1. The normalized spacial score (nSPS) is 17.8. The van der Waals surface area contributed by atoms with E-state index in [9.17, 15) is 13.2 Å². The van der Waals surface area contributed by atoms with Gasteiger partial charge in [-0.05, 0) is 24.5 Å².